The predicted octanol–water partition coefficient (Wildman–Crippen LogP) is 3.40. The van der Waals surface area contributed by atoms with Crippen LogP contribution in [0.4, 0.5) is 0 Å². The Labute approximate surface area is 113 Å². The highest BCUT2D eigenvalue weighted by atomic mass is 15.2. The monoisotopic (exact) mass is 252 g/mol. The maximum absolute atomic E-state index is 6.18. The average molecular weight is 252 g/mol. The van der Waals surface area contributed by atoms with Crippen molar-refractivity contribution in [3.63, 3.8) is 0 Å². The van der Waals surface area contributed by atoms with Crippen LogP contribution in [0.2, 0.25) is 0 Å². The molecular weight excluding hydrogens is 220 g/mol. The highest BCUT2D eigenvalue weighted by Gasteiger charge is 2.45. The number of nitrogens with two attached hydrogens (primary N) is 1. The van der Waals surface area contributed by atoms with Crippen molar-refractivity contribution in [2.24, 2.45) is 17.1 Å². The molecule has 0 aromatic rings. The second-order valence-corrected chi connectivity index (χ2v) is 7.61. The summed E-state index contributed by atoms with van der Waals surface area (Å²) in [5.74, 6) is 0.766. The van der Waals surface area contributed by atoms with E-state index in [2.05, 4.69) is 32.7 Å². The molecule has 0 aromatic carbocycles. The maximum atomic E-state index is 6.18. The van der Waals surface area contributed by atoms with E-state index >= 15 is 0 Å². The summed E-state index contributed by atoms with van der Waals surface area (Å²) in [4.78, 5) is 2.68. The summed E-state index contributed by atoms with van der Waals surface area (Å²) in [5.41, 5.74) is 7.04. The normalized spacial score (nSPS) is 37.3. The van der Waals surface area contributed by atoms with Gasteiger partial charge in [0, 0.05) is 18.1 Å². The second kappa shape index (κ2) is 5.13. The third-order valence-electron chi connectivity index (χ3n) is 6.08. The fourth-order valence-corrected chi connectivity index (χ4v) is 4.34. The Bertz CT molecular complexity index is 277. The Balaban J connectivity index is 2.04. The quantitative estimate of drug-likeness (QED) is 0.834. The molecule has 0 aliphatic heterocycles. The molecule has 2 fully saturated rings. The molecule has 0 bridgehead atoms. The summed E-state index contributed by atoms with van der Waals surface area (Å²) in [7, 11) is 2.34. The van der Waals surface area contributed by atoms with Crippen molar-refractivity contribution < 1.29 is 0 Å². The third kappa shape index (κ3) is 2.46. The number of hydrogen-bond acceptors (Lipinski definition) is 2. The van der Waals surface area contributed by atoms with Crippen LogP contribution in [0.15, 0.2) is 0 Å². The third-order valence-corrected chi connectivity index (χ3v) is 6.08. The first-order valence-electron chi connectivity index (χ1n) is 7.84. The summed E-state index contributed by atoms with van der Waals surface area (Å²) < 4.78 is 0. The van der Waals surface area contributed by atoms with Crippen LogP contribution in [-0.4, -0.2) is 30.1 Å². The van der Waals surface area contributed by atoms with Gasteiger partial charge in [0.2, 0.25) is 0 Å². The number of rotatable bonds is 3. The lowest BCUT2D eigenvalue weighted by atomic mass is 9.74. The molecule has 2 aliphatic carbocycles. The summed E-state index contributed by atoms with van der Waals surface area (Å²) in [6.07, 6.45) is 9.49. The van der Waals surface area contributed by atoms with Gasteiger partial charge in [-0.15, -0.1) is 0 Å². The van der Waals surface area contributed by atoms with Crippen LogP contribution in [0.3, 0.4) is 0 Å². The molecule has 2 unspecified atom stereocenters. The van der Waals surface area contributed by atoms with Gasteiger partial charge in [0.15, 0.2) is 0 Å². The maximum Gasteiger partial charge on any atom is 0.0357 e. The molecule has 18 heavy (non-hydrogen) atoms. The smallest absolute Gasteiger partial charge is 0.0357 e. The first-order valence-corrected chi connectivity index (χ1v) is 7.84. The van der Waals surface area contributed by atoms with Gasteiger partial charge in [-0.1, -0.05) is 27.2 Å². The van der Waals surface area contributed by atoms with E-state index in [1.165, 1.54) is 44.9 Å². The predicted molar refractivity (Wildman–Crippen MR) is 78.6 cm³/mol. The van der Waals surface area contributed by atoms with Crippen molar-refractivity contribution in [1.82, 2.24) is 4.90 Å². The lowest BCUT2D eigenvalue weighted by Crippen LogP contribution is -2.58. The van der Waals surface area contributed by atoms with Crippen molar-refractivity contribution in [1.29, 1.82) is 0 Å². The molecule has 2 aliphatic rings. The van der Waals surface area contributed by atoms with E-state index in [4.69, 9.17) is 5.73 Å². The number of hydrogen-bond donors (Lipinski definition) is 1. The molecule has 0 heterocycles. The van der Waals surface area contributed by atoms with Crippen LogP contribution < -0.4 is 5.73 Å². The van der Waals surface area contributed by atoms with Gasteiger partial charge in [-0.25, -0.2) is 0 Å². The van der Waals surface area contributed by atoms with Gasteiger partial charge < -0.3 is 5.73 Å². The molecule has 2 saturated carbocycles. The van der Waals surface area contributed by atoms with Crippen molar-refractivity contribution in [2.45, 2.75) is 77.3 Å². The van der Waals surface area contributed by atoms with Gasteiger partial charge in [-0.05, 0) is 56.9 Å². The molecule has 2 N–H and O–H groups in total. The van der Waals surface area contributed by atoms with Crippen LogP contribution in [0, 0.1) is 11.3 Å². The Morgan fingerprint density at radius 1 is 1.11 bits per heavy atom. The SMILES string of the molecule is CC1CCCC1(CN)N(C)C1CCC(C)(C)CC1. The molecule has 106 valence electrons. The van der Waals surface area contributed by atoms with Crippen LogP contribution in [-0.2, 0) is 0 Å². The molecule has 2 atom stereocenters. The summed E-state index contributed by atoms with van der Waals surface area (Å²) in [5, 5.41) is 0. The highest BCUT2D eigenvalue weighted by Crippen LogP contribution is 2.44. The summed E-state index contributed by atoms with van der Waals surface area (Å²) in [6.45, 7) is 8.08. The molecule has 0 amide bonds. The summed E-state index contributed by atoms with van der Waals surface area (Å²) in [6, 6.07) is 0.766. The standard InChI is InChI=1S/C16H32N2/c1-13-6-5-9-16(13,12-17)18(4)14-7-10-15(2,3)11-8-14/h13-14H,5-12,17H2,1-4H3. The minimum Gasteiger partial charge on any atom is -0.329 e. The minimum atomic E-state index is 0.298. The Hall–Kier alpha value is -0.0800. The van der Waals surface area contributed by atoms with E-state index in [1.807, 2.05) is 0 Å². The molecule has 2 rings (SSSR count). The van der Waals surface area contributed by atoms with Gasteiger partial charge >= 0.3 is 0 Å². The fourth-order valence-electron chi connectivity index (χ4n) is 4.34. The largest absolute Gasteiger partial charge is 0.329 e. The van der Waals surface area contributed by atoms with Crippen molar-refractivity contribution in [3.8, 4) is 0 Å². The van der Waals surface area contributed by atoms with Crippen molar-refractivity contribution >= 4 is 0 Å². The van der Waals surface area contributed by atoms with E-state index in [0.717, 1.165) is 18.5 Å². The van der Waals surface area contributed by atoms with E-state index in [0.29, 0.717) is 11.0 Å². The molecule has 2 heteroatoms. The zero-order valence-corrected chi connectivity index (χ0v) is 12.8. The van der Waals surface area contributed by atoms with Crippen LogP contribution in [0.5, 0.6) is 0 Å². The molecule has 0 aromatic heterocycles. The lowest BCUT2D eigenvalue weighted by Gasteiger charge is -2.49. The zero-order valence-electron chi connectivity index (χ0n) is 12.8. The van der Waals surface area contributed by atoms with Gasteiger partial charge in [0.05, 0.1) is 0 Å². The van der Waals surface area contributed by atoms with E-state index in [1.54, 1.807) is 0 Å². The number of nitrogens with zero attached hydrogens (tertiary/aromatic N) is 1. The van der Waals surface area contributed by atoms with Gasteiger partial charge in [-0.3, -0.25) is 4.90 Å². The molecule has 0 spiro atoms. The van der Waals surface area contributed by atoms with Crippen LogP contribution in [0.1, 0.15) is 65.7 Å². The Morgan fingerprint density at radius 2 is 1.72 bits per heavy atom. The van der Waals surface area contributed by atoms with E-state index in [-0.39, 0.29) is 0 Å². The first kappa shape index (κ1) is 14.3. The lowest BCUT2D eigenvalue weighted by molar-refractivity contribution is 0.0168. The van der Waals surface area contributed by atoms with E-state index in [9.17, 15) is 0 Å². The van der Waals surface area contributed by atoms with Crippen molar-refractivity contribution in [3.05, 3.63) is 0 Å². The highest BCUT2D eigenvalue weighted by molar-refractivity contribution is 5.02. The fraction of sp³-hybridized carbons (Fsp3) is 1.00. The Morgan fingerprint density at radius 3 is 2.17 bits per heavy atom. The average Bonchev–Trinajstić information content (AvgIpc) is 2.71. The van der Waals surface area contributed by atoms with Gasteiger partial charge in [0.25, 0.3) is 0 Å². The summed E-state index contributed by atoms with van der Waals surface area (Å²) >= 11 is 0. The molecule has 0 saturated heterocycles. The molecule has 2 nitrogen and oxygen atoms in total. The van der Waals surface area contributed by atoms with Crippen molar-refractivity contribution in [2.75, 3.05) is 13.6 Å². The first-order chi connectivity index (χ1) is 8.41. The van der Waals surface area contributed by atoms with Gasteiger partial charge in [0.1, 0.15) is 0 Å². The molecular formula is C16H32N2. The molecule has 0 radical (unpaired) electrons. The Kier molecular flexibility index (Phi) is 4.08. The second-order valence-electron chi connectivity index (χ2n) is 7.61. The zero-order chi connectivity index (χ0) is 13.4. The van der Waals surface area contributed by atoms with Crippen LogP contribution >= 0.6 is 0 Å². The van der Waals surface area contributed by atoms with E-state index < -0.39 is 0 Å². The minimum absolute atomic E-state index is 0.298. The number of likely N-dealkylation sites (N-methyl/N-ethyl adjacent to an activating group) is 1. The van der Waals surface area contributed by atoms with Gasteiger partial charge in [-0.2, -0.15) is 0 Å². The van der Waals surface area contributed by atoms with Crippen LogP contribution in [0.25, 0.3) is 0 Å². The topological polar surface area (TPSA) is 29.3 Å².